The van der Waals surface area contributed by atoms with E-state index < -0.39 is 0 Å². The van der Waals surface area contributed by atoms with Gasteiger partial charge in [-0.05, 0) is 31.0 Å². The van der Waals surface area contributed by atoms with Crippen LogP contribution in [-0.4, -0.2) is 14.8 Å². The lowest BCUT2D eigenvalue weighted by Gasteiger charge is -2.01. The van der Waals surface area contributed by atoms with Crippen molar-refractivity contribution in [1.82, 2.24) is 14.8 Å². The summed E-state index contributed by atoms with van der Waals surface area (Å²) in [6.45, 7) is 1.86. The second-order valence-corrected chi connectivity index (χ2v) is 3.06. The Balaban J connectivity index is 2.50. The number of rotatable bonds is 1. The molecule has 2 heterocycles. The van der Waals surface area contributed by atoms with Gasteiger partial charge in [0, 0.05) is 5.69 Å². The molecule has 2 aromatic rings. The van der Waals surface area contributed by atoms with E-state index >= 15 is 0 Å². The van der Waals surface area contributed by atoms with E-state index in [2.05, 4.69) is 16.0 Å². The number of hydrogen-bond donors (Lipinski definition) is 0. The van der Waals surface area contributed by atoms with Crippen LogP contribution >= 0.6 is 0 Å². The van der Waals surface area contributed by atoms with Crippen LogP contribution < -0.4 is 0 Å². The van der Waals surface area contributed by atoms with Crippen LogP contribution in [0.5, 0.6) is 0 Å². The molecule has 0 aromatic carbocycles. The molecule has 0 saturated heterocycles. The quantitative estimate of drug-likeness (QED) is 0.657. The Morgan fingerprint density at radius 1 is 1.47 bits per heavy atom. The Morgan fingerprint density at radius 2 is 2.27 bits per heavy atom. The maximum absolute atomic E-state index is 12.6. The van der Waals surface area contributed by atoms with Gasteiger partial charge in [0.05, 0.1) is 6.20 Å². The molecule has 0 N–H and O–H groups in total. The molecule has 4 heteroatoms. The SMILES string of the molecule is C#Cc1cc(C)n(-c2ccc(F)cn2)n1. The van der Waals surface area contributed by atoms with Crippen molar-refractivity contribution in [1.29, 1.82) is 0 Å². The second kappa shape index (κ2) is 3.54. The minimum atomic E-state index is -0.374. The summed E-state index contributed by atoms with van der Waals surface area (Å²) in [5, 5.41) is 4.12. The molecular formula is C11H8FN3. The topological polar surface area (TPSA) is 30.7 Å². The van der Waals surface area contributed by atoms with E-state index in [1.165, 1.54) is 6.07 Å². The molecule has 2 rings (SSSR count). The van der Waals surface area contributed by atoms with Gasteiger partial charge in [0.1, 0.15) is 11.5 Å². The van der Waals surface area contributed by atoms with Gasteiger partial charge in [-0.15, -0.1) is 6.42 Å². The molecular weight excluding hydrogens is 193 g/mol. The fraction of sp³-hybridized carbons (Fsp3) is 0.0909. The van der Waals surface area contributed by atoms with Crippen LogP contribution in [0.15, 0.2) is 24.4 Å². The van der Waals surface area contributed by atoms with Crippen molar-refractivity contribution in [3.05, 3.63) is 41.6 Å². The zero-order valence-electron chi connectivity index (χ0n) is 8.11. The van der Waals surface area contributed by atoms with E-state index in [1.807, 2.05) is 6.92 Å². The van der Waals surface area contributed by atoms with Crippen molar-refractivity contribution >= 4 is 0 Å². The van der Waals surface area contributed by atoms with Gasteiger partial charge in [-0.2, -0.15) is 5.10 Å². The average Bonchev–Trinajstić information content (AvgIpc) is 2.61. The molecule has 0 aliphatic rings. The summed E-state index contributed by atoms with van der Waals surface area (Å²) in [6.07, 6.45) is 6.37. The number of nitrogens with zero attached hydrogens (tertiary/aromatic N) is 3. The zero-order chi connectivity index (χ0) is 10.8. The minimum Gasteiger partial charge on any atom is -0.234 e. The number of aromatic nitrogens is 3. The van der Waals surface area contributed by atoms with Crippen molar-refractivity contribution in [2.45, 2.75) is 6.92 Å². The average molecular weight is 201 g/mol. The summed E-state index contributed by atoms with van der Waals surface area (Å²) in [5.41, 5.74) is 1.40. The Labute approximate surface area is 86.6 Å². The fourth-order valence-electron chi connectivity index (χ4n) is 1.27. The molecule has 0 radical (unpaired) electrons. The first-order valence-electron chi connectivity index (χ1n) is 4.36. The number of terminal acetylenes is 1. The lowest BCUT2D eigenvalue weighted by molar-refractivity contribution is 0.618. The highest BCUT2D eigenvalue weighted by Gasteiger charge is 2.05. The van der Waals surface area contributed by atoms with Crippen molar-refractivity contribution in [3.8, 4) is 18.2 Å². The maximum atomic E-state index is 12.6. The van der Waals surface area contributed by atoms with E-state index in [9.17, 15) is 4.39 Å². The molecule has 2 aromatic heterocycles. The van der Waals surface area contributed by atoms with Crippen LogP contribution in [0.1, 0.15) is 11.4 Å². The Kier molecular flexibility index (Phi) is 2.22. The Morgan fingerprint density at radius 3 is 2.80 bits per heavy atom. The molecule has 0 atom stereocenters. The van der Waals surface area contributed by atoms with Crippen LogP contribution in [0.3, 0.4) is 0 Å². The molecule has 0 unspecified atom stereocenters. The summed E-state index contributed by atoms with van der Waals surface area (Å²) < 4.78 is 14.2. The summed E-state index contributed by atoms with van der Waals surface area (Å²) >= 11 is 0. The smallest absolute Gasteiger partial charge is 0.153 e. The lowest BCUT2D eigenvalue weighted by Crippen LogP contribution is -2.01. The van der Waals surface area contributed by atoms with Crippen molar-refractivity contribution < 1.29 is 4.39 Å². The van der Waals surface area contributed by atoms with E-state index in [-0.39, 0.29) is 5.82 Å². The monoisotopic (exact) mass is 201 g/mol. The van der Waals surface area contributed by atoms with Gasteiger partial charge in [-0.3, -0.25) is 0 Å². The predicted molar refractivity (Wildman–Crippen MR) is 54.0 cm³/mol. The molecule has 15 heavy (non-hydrogen) atoms. The number of halogens is 1. The summed E-state index contributed by atoms with van der Waals surface area (Å²) in [6, 6.07) is 4.65. The highest BCUT2D eigenvalue weighted by atomic mass is 19.1. The highest BCUT2D eigenvalue weighted by molar-refractivity contribution is 5.31. The molecule has 0 spiro atoms. The first kappa shape index (κ1) is 9.41. The second-order valence-electron chi connectivity index (χ2n) is 3.06. The zero-order valence-corrected chi connectivity index (χ0v) is 8.11. The lowest BCUT2D eigenvalue weighted by atomic mass is 10.4. The summed E-state index contributed by atoms with van der Waals surface area (Å²) in [7, 11) is 0. The van der Waals surface area contributed by atoms with Crippen LogP contribution in [0.4, 0.5) is 4.39 Å². The Bertz CT molecular complexity index is 520. The summed E-state index contributed by atoms with van der Waals surface area (Å²) in [4.78, 5) is 3.91. The van der Waals surface area contributed by atoms with Gasteiger partial charge in [0.25, 0.3) is 0 Å². The predicted octanol–water partition coefficient (Wildman–Crippen LogP) is 1.70. The molecule has 0 fully saturated rings. The van der Waals surface area contributed by atoms with Crippen LogP contribution in [-0.2, 0) is 0 Å². The van der Waals surface area contributed by atoms with Gasteiger partial charge < -0.3 is 0 Å². The van der Waals surface area contributed by atoms with Crippen molar-refractivity contribution in [2.75, 3.05) is 0 Å². The highest BCUT2D eigenvalue weighted by Crippen LogP contribution is 2.09. The number of aryl methyl sites for hydroxylation is 1. The molecule has 74 valence electrons. The number of pyridine rings is 1. The van der Waals surface area contributed by atoms with Crippen LogP contribution in [0, 0.1) is 25.1 Å². The Hall–Kier alpha value is -2.15. The third-order valence-electron chi connectivity index (χ3n) is 1.96. The van der Waals surface area contributed by atoms with E-state index in [0.29, 0.717) is 11.5 Å². The molecule has 0 aliphatic carbocycles. The normalized spacial score (nSPS) is 9.93. The third-order valence-corrected chi connectivity index (χ3v) is 1.96. The van der Waals surface area contributed by atoms with Gasteiger partial charge in [0.15, 0.2) is 5.82 Å². The maximum Gasteiger partial charge on any atom is 0.153 e. The standard InChI is InChI=1S/C11H8FN3/c1-3-10-6-8(2)15(14-10)11-5-4-9(12)7-13-11/h1,4-7H,2H3. The molecule has 0 saturated carbocycles. The fourth-order valence-corrected chi connectivity index (χ4v) is 1.27. The largest absolute Gasteiger partial charge is 0.234 e. The van der Waals surface area contributed by atoms with Gasteiger partial charge in [-0.25, -0.2) is 14.1 Å². The third kappa shape index (κ3) is 1.72. The first-order chi connectivity index (χ1) is 7.20. The molecule has 0 bridgehead atoms. The van der Waals surface area contributed by atoms with Crippen LogP contribution in [0.2, 0.25) is 0 Å². The van der Waals surface area contributed by atoms with Crippen molar-refractivity contribution in [3.63, 3.8) is 0 Å². The first-order valence-corrected chi connectivity index (χ1v) is 4.36. The van der Waals surface area contributed by atoms with E-state index in [0.717, 1.165) is 11.9 Å². The number of hydrogen-bond acceptors (Lipinski definition) is 2. The van der Waals surface area contributed by atoms with Gasteiger partial charge >= 0.3 is 0 Å². The van der Waals surface area contributed by atoms with E-state index in [1.54, 1.807) is 16.8 Å². The molecule has 0 amide bonds. The van der Waals surface area contributed by atoms with Crippen molar-refractivity contribution in [2.24, 2.45) is 0 Å². The summed E-state index contributed by atoms with van der Waals surface area (Å²) in [5.74, 6) is 2.61. The minimum absolute atomic E-state index is 0.374. The van der Waals surface area contributed by atoms with Crippen LogP contribution in [0.25, 0.3) is 5.82 Å². The van der Waals surface area contributed by atoms with Gasteiger partial charge in [0.2, 0.25) is 0 Å². The van der Waals surface area contributed by atoms with Gasteiger partial charge in [-0.1, -0.05) is 0 Å². The van der Waals surface area contributed by atoms with E-state index in [4.69, 9.17) is 6.42 Å². The molecule has 3 nitrogen and oxygen atoms in total. The molecule has 0 aliphatic heterocycles.